The van der Waals surface area contributed by atoms with Crippen LogP contribution in [-0.2, 0) is 6.42 Å². The molecule has 122 valence electrons. The average Bonchev–Trinajstić information content (AvgIpc) is 3.03. The van der Waals surface area contributed by atoms with Gasteiger partial charge in [0.1, 0.15) is 11.2 Å². The summed E-state index contributed by atoms with van der Waals surface area (Å²) in [7, 11) is 0. The minimum absolute atomic E-state index is 0.977. The molecule has 0 aliphatic heterocycles. The number of hydrogen-bond donors (Lipinski definition) is 0. The summed E-state index contributed by atoms with van der Waals surface area (Å²) in [5, 5.41) is 7.55. The van der Waals surface area contributed by atoms with Crippen molar-refractivity contribution in [3.63, 3.8) is 0 Å². The smallest absolute Gasteiger partial charge is 0.136 e. The van der Waals surface area contributed by atoms with E-state index in [0.717, 1.165) is 17.6 Å². The van der Waals surface area contributed by atoms with Crippen LogP contribution in [0.15, 0.2) is 71.1 Å². The lowest BCUT2D eigenvalue weighted by molar-refractivity contribution is 0.668. The molecule has 0 amide bonds. The van der Waals surface area contributed by atoms with Gasteiger partial charge in [0.05, 0.1) is 0 Å². The summed E-state index contributed by atoms with van der Waals surface area (Å²) in [6, 6.07) is 24.1. The fourth-order valence-corrected chi connectivity index (χ4v) is 3.87. The molecule has 5 aromatic rings. The van der Waals surface area contributed by atoms with Gasteiger partial charge < -0.3 is 4.42 Å². The molecule has 1 aromatic heterocycles. The van der Waals surface area contributed by atoms with Gasteiger partial charge in [0.2, 0.25) is 0 Å². The largest absolute Gasteiger partial charge is 0.456 e. The first kappa shape index (κ1) is 14.5. The SMILES string of the molecule is CCCCc1ccc2c(c1)oc1ccc3cc4ccccc4cc3c12. The summed E-state index contributed by atoms with van der Waals surface area (Å²) in [5.74, 6) is 0. The van der Waals surface area contributed by atoms with Gasteiger partial charge in [-0.2, -0.15) is 0 Å². The number of benzene rings is 4. The topological polar surface area (TPSA) is 13.1 Å². The van der Waals surface area contributed by atoms with E-state index in [1.165, 1.54) is 50.7 Å². The summed E-state index contributed by atoms with van der Waals surface area (Å²) in [6.45, 7) is 2.23. The molecule has 0 fully saturated rings. The van der Waals surface area contributed by atoms with Gasteiger partial charge in [-0.25, -0.2) is 0 Å². The van der Waals surface area contributed by atoms with Crippen molar-refractivity contribution in [2.75, 3.05) is 0 Å². The van der Waals surface area contributed by atoms with Crippen molar-refractivity contribution in [1.29, 1.82) is 0 Å². The van der Waals surface area contributed by atoms with E-state index in [4.69, 9.17) is 4.42 Å². The van der Waals surface area contributed by atoms with Crippen molar-refractivity contribution in [2.24, 2.45) is 0 Å². The van der Waals surface area contributed by atoms with Gasteiger partial charge in [-0.3, -0.25) is 0 Å². The Morgan fingerprint density at radius 1 is 0.720 bits per heavy atom. The molecule has 1 heterocycles. The lowest BCUT2D eigenvalue weighted by atomic mass is 9.99. The van der Waals surface area contributed by atoms with E-state index < -0.39 is 0 Å². The summed E-state index contributed by atoms with van der Waals surface area (Å²) in [4.78, 5) is 0. The van der Waals surface area contributed by atoms with Crippen molar-refractivity contribution in [3.8, 4) is 0 Å². The van der Waals surface area contributed by atoms with E-state index in [-0.39, 0.29) is 0 Å². The summed E-state index contributed by atoms with van der Waals surface area (Å²) < 4.78 is 6.19. The molecule has 0 bridgehead atoms. The van der Waals surface area contributed by atoms with E-state index in [1.54, 1.807) is 0 Å². The zero-order valence-corrected chi connectivity index (χ0v) is 14.4. The van der Waals surface area contributed by atoms with Crippen LogP contribution < -0.4 is 0 Å². The van der Waals surface area contributed by atoms with Crippen molar-refractivity contribution < 1.29 is 4.42 Å². The molecule has 0 saturated carbocycles. The second-order valence-corrected chi connectivity index (χ2v) is 6.90. The van der Waals surface area contributed by atoms with Gasteiger partial charge in [-0.1, -0.05) is 55.8 Å². The van der Waals surface area contributed by atoms with Crippen molar-refractivity contribution in [2.45, 2.75) is 26.2 Å². The Hall–Kier alpha value is -2.80. The average molecular weight is 324 g/mol. The van der Waals surface area contributed by atoms with Gasteiger partial charge in [-0.05, 0) is 64.2 Å². The first-order valence-electron chi connectivity index (χ1n) is 9.10. The molecule has 0 aliphatic carbocycles. The van der Waals surface area contributed by atoms with Gasteiger partial charge >= 0.3 is 0 Å². The second-order valence-electron chi connectivity index (χ2n) is 6.90. The first-order valence-corrected chi connectivity index (χ1v) is 9.10. The number of unbranched alkanes of at least 4 members (excludes halogenated alkanes) is 1. The van der Waals surface area contributed by atoms with E-state index in [1.807, 2.05) is 0 Å². The van der Waals surface area contributed by atoms with Crippen LogP contribution in [0.25, 0.3) is 43.5 Å². The Kier molecular flexibility index (Phi) is 3.27. The third-order valence-corrected chi connectivity index (χ3v) is 5.20. The molecule has 0 radical (unpaired) electrons. The maximum Gasteiger partial charge on any atom is 0.136 e. The highest BCUT2D eigenvalue weighted by molar-refractivity contribution is 6.20. The Labute approximate surface area is 146 Å². The quantitative estimate of drug-likeness (QED) is 0.319. The van der Waals surface area contributed by atoms with Crippen LogP contribution in [0.5, 0.6) is 0 Å². The summed E-state index contributed by atoms with van der Waals surface area (Å²) >= 11 is 0. The molecule has 4 aromatic carbocycles. The predicted octanol–water partition coefficient (Wildman–Crippen LogP) is 7.24. The molecule has 25 heavy (non-hydrogen) atoms. The predicted molar refractivity (Wildman–Crippen MR) is 107 cm³/mol. The summed E-state index contributed by atoms with van der Waals surface area (Å²) in [6.07, 6.45) is 3.56. The molecule has 0 unspecified atom stereocenters. The van der Waals surface area contributed by atoms with E-state index in [9.17, 15) is 0 Å². The molecular formula is C24H20O. The molecule has 0 saturated heterocycles. The van der Waals surface area contributed by atoms with Crippen LogP contribution in [0.1, 0.15) is 25.3 Å². The monoisotopic (exact) mass is 324 g/mol. The Bertz CT molecular complexity index is 1230. The van der Waals surface area contributed by atoms with Gasteiger partial charge in [0.25, 0.3) is 0 Å². The molecular weight excluding hydrogens is 304 g/mol. The highest BCUT2D eigenvalue weighted by Gasteiger charge is 2.11. The van der Waals surface area contributed by atoms with E-state index in [2.05, 4.69) is 73.7 Å². The highest BCUT2D eigenvalue weighted by Crippen LogP contribution is 2.36. The number of fused-ring (bicyclic) bond motifs is 6. The lowest BCUT2D eigenvalue weighted by Crippen LogP contribution is -1.83. The third-order valence-electron chi connectivity index (χ3n) is 5.20. The van der Waals surface area contributed by atoms with Crippen LogP contribution in [-0.4, -0.2) is 0 Å². The molecule has 1 nitrogen and oxygen atoms in total. The minimum Gasteiger partial charge on any atom is -0.456 e. The van der Waals surface area contributed by atoms with Crippen LogP contribution in [0, 0.1) is 0 Å². The standard InChI is InChI=1S/C24H20O/c1-2-3-6-16-9-11-20-23(13-16)25-22-12-10-19-14-17-7-4-5-8-18(17)15-21(19)24(20)22/h4-5,7-15H,2-3,6H2,1H3. The van der Waals surface area contributed by atoms with Gasteiger partial charge in [0, 0.05) is 10.8 Å². The lowest BCUT2D eigenvalue weighted by Gasteiger charge is -2.04. The van der Waals surface area contributed by atoms with Gasteiger partial charge in [0.15, 0.2) is 0 Å². The number of furan rings is 1. The zero-order chi connectivity index (χ0) is 16.8. The van der Waals surface area contributed by atoms with Crippen molar-refractivity contribution in [3.05, 3.63) is 72.3 Å². The normalized spacial score (nSPS) is 11.9. The third kappa shape index (κ3) is 2.31. The highest BCUT2D eigenvalue weighted by atomic mass is 16.3. The van der Waals surface area contributed by atoms with Crippen LogP contribution in [0.4, 0.5) is 0 Å². The van der Waals surface area contributed by atoms with Crippen LogP contribution in [0.2, 0.25) is 0 Å². The van der Waals surface area contributed by atoms with Crippen molar-refractivity contribution >= 4 is 43.5 Å². The first-order chi connectivity index (χ1) is 12.3. The van der Waals surface area contributed by atoms with Gasteiger partial charge in [-0.15, -0.1) is 0 Å². The Morgan fingerprint density at radius 3 is 2.40 bits per heavy atom. The van der Waals surface area contributed by atoms with Crippen molar-refractivity contribution in [1.82, 2.24) is 0 Å². The minimum atomic E-state index is 0.977. The van der Waals surface area contributed by atoms with E-state index in [0.29, 0.717) is 0 Å². The van der Waals surface area contributed by atoms with E-state index >= 15 is 0 Å². The fourth-order valence-electron chi connectivity index (χ4n) is 3.87. The number of rotatable bonds is 3. The summed E-state index contributed by atoms with van der Waals surface area (Å²) in [5.41, 5.74) is 3.35. The zero-order valence-electron chi connectivity index (χ0n) is 14.4. The van der Waals surface area contributed by atoms with Crippen LogP contribution >= 0.6 is 0 Å². The number of hydrogen-bond acceptors (Lipinski definition) is 1. The molecule has 0 N–H and O–H groups in total. The van der Waals surface area contributed by atoms with Crippen LogP contribution in [0.3, 0.4) is 0 Å². The molecule has 0 spiro atoms. The molecule has 0 aliphatic rings. The molecule has 1 heteroatoms. The maximum absolute atomic E-state index is 6.19. The maximum atomic E-state index is 6.19. The number of aryl methyl sites for hydroxylation is 1. The molecule has 0 atom stereocenters. The molecule has 5 rings (SSSR count). The Balaban J connectivity index is 1.82. The Morgan fingerprint density at radius 2 is 1.56 bits per heavy atom. The second kappa shape index (κ2) is 5.63. The fraction of sp³-hybridized carbons (Fsp3) is 0.167.